The van der Waals surface area contributed by atoms with E-state index in [1.165, 1.54) is 5.41 Å². The Morgan fingerprint density at radius 2 is 1.43 bits per heavy atom. The molecule has 1 aromatic heterocycles. The lowest BCUT2D eigenvalue weighted by atomic mass is 10.1. The van der Waals surface area contributed by atoms with Gasteiger partial charge in [0.05, 0.1) is 11.4 Å². The Kier molecular flexibility index (Phi) is 5.88. The molecule has 1 N–H and O–H groups in total. The summed E-state index contributed by atoms with van der Waals surface area (Å²) in [5, 5.41) is 5.90. The molecule has 5 nitrogen and oxygen atoms in total. The van der Waals surface area contributed by atoms with Crippen LogP contribution in [-0.4, -0.2) is 18.2 Å². The molecule has 0 saturated carbocycles. The Morgan fingerprint density at radius 3 is 2.10 bits per heavy atom. The van der Waals surface area contributed by atoms with Crippen LogP contribution in [0.15, 0.2) is 103 Å². The minimum absolute atomic E-state index is 0.137. The first-order valence-electron chi connectivity index (χ1n) is 9.53. The van der Waals surface area contributed by atoms with E-state index < -0.39 is 10.0 Å². The predicted molar refractivity (Wildman–Crippen MR) is 120 cm³/mol. The van der Waals surface area contributed by atoms with Crippen molar-refractivity contribution in [1.29, 1.82) is 0 Å². The fourth-order valence-corrected chi connectivity index (χ4v) is 3.84. The maximum Gasteiger partial charge on any atom is 0.234 e. The van der Waals surface area contributed by atoms with Crippen LogP contribution in [0.5, 0.6) is 0 Å². The van der Waals surface area contributed by atoms with Crippen LogP contribution in [-0.2, 0) is 16.6 Å². The molecule has 1 heterocycles. The van der Waals surface area contributed by atoms with Gasteiger partial charge in [-0.1, -0.05) is 78.9 Å². The first-order chi connectivity index (χ1) is 14.6. The lowest BCUT2D eigenvalue weighted by Crippen LogP contribution is -2.20. The van der Waals surface area contributed by atoms with Crippen LogP contribution in [0.25, 0.3) is 23.0 Å². The van der Waals surface area contributed by atoms with Crippen LogP contribution >= 0.6 is 0 Å². The topological polar surface area (TPSA) is 64.0 Å². The zero-order chi connectivity index (χ0) is 20.8. The fraction of sp³-hybridized carbons (Fsp3) is 0.0417. The quantitative estimate of drug-likeness (QED) is 0.479. The zero-order valence-electron chi connectivity index (χ0n) is 16.2. The summed E-state index contributed by atoms with van der Waals surface area (Å²) in [6.07, 6.45) is 3.44. The molecule has 150 valence electrons. The summed E-state index contributed by atoms with van der Waals surface area (Å²) in [6.45, 7) is 0.137. The SMILES string of the molecule is O=S(=O)(/C=C/c1ccccc1)NCc1cn(-c2ccccc2)nc1-c1ccccc1. The number of nitrogens with zero attached hydrogens (tertiary/aromatic N) is 2. The third-order valence-electron chi connectivity index (χ3n) is 4.56. The number of para-hydroxylation sites is 1. The number of benzene rings is 3. The molecule has 0 atom stereocenters. The van der Waals surface area contributed by atoms with E-state index in [1.807, 2.05) is 97.2 Å². The lowest BCUT2D eigenvalue weighted by Gasteiger charge is -2.04. The van der Waals surface area contributed by atoms with Crippen molar-refractivity contribution in [3.63, 3.8) is 0 Å². The molecule has 4 rings (SSSR count). The van der Waals surface area contributed by atoms with E-state index in [2.05, 4.69) is 4.72 Å². The molecule has 0 saturated heterocycles. The highest BCUT2D eigenvalue weighted by molar-refractivity contribution is 7.92. The van der Waals surface area contributed by atoms with Crippen molar-refractivity contribution >= 4 is 16.1 Å². The van der Waals surface area contributed by atoms with Crippen LogP contribution in [0.2, 0.25) is 0 Å². The second-order valence-corrected chi connectivity index (χ2v) is 8.38. The van der Waals surface area contributed by atoms with Crippen LogP contribution in [0, 0.1) is 0 Å². The highest BCUT2D eigenvalue weighted by Crippen LogP contribution is 2.23. The molecule has 0 aliphatic heterocycles. The van der Waals surface area contributed by atoms with Crippen molar-refractivity contribution in [3.05, 3.63) is 114 Å². The molecule has 0 spiro atoms. The molecule has 0 radical (unpaired) electrons. The molecule has 0 unspecified atom stereocenters. The summed E-state index contributed by atoms with van der Waals surface area (Å²) in [4.78, 5) is 0. The van der Waals surface area contributed by atoms with Crippen molar-refractivity contribution < 1.29 is 8.42 Å². The Labute approximate surface area is 176 Å². The van der Waals surface area contributed by atoms with E-state index in [1.54, 1.807) is 10.8 Å². The van der Waals surface area contributed by atoms with E-state index in [0.717, 1.165) is 28.1 Å². The van der Waals surface area contributed by atoms with Crippen molar-refractivity contribution in [2.45, 2.75) is 6.54 Å². The molecular formula is C24H21N3O2S. The van der Waals surface area contributed by atoms with Gasteiger partial charge in [0.25, 0.3) is 0 Å². The van der Waals surface area contributed by atoms with Crippen LogP contribution in [0.4, 0.5) is 0 Å². The maximum atomic E-state index is 12.5. The van der Waals surface area contributed by atoms with Crippen molar-refractivity contribution in [1.82, 2.24) is 14.5 Å². The molecule has 0 amide bonds. The van der Waals surface area contributed by atoms with Gasteiger partial charge in [0, 0.05) is 29.3 Å². The normalized spacial score (nSPS) is 11.7. The zero-order valence-corrected chi connectivity index (χ0v) is 17.0. The minimum atomic E-state index is -3.60. The highest BCUT2D eigenvalue weighted by Gasteiger charge is 2.14. The van der Waals surface area contributed by atoms with Crippen LogP contribution in [0.3, 0.4) is 0 Å². The van der Waals surface area contributed by atoms with Gasteiger partial charge < -0.3 is 0 Å². The van der Waals surface area contributed by atoms with E-state index >= 15 is 0 Å². The fourth-order valence-electron chi connectivity index (χ4n) is 3.05. The number of aromatic nitrogens is 2. The van der Waals surface area contributed by atoms with Crippen molar-refractivity contribution in [2.24, 2.45) is 0 Å². The van der Waals surface area contributed by atoms with Crippen LogP contribution < -0.4 is 4.72 Å². The molecule has 0 aliphatic rings. The number of hydrogen-bond donors (Lipinski definition) is 1. The lowest BCUT2D eigenvalue weighted by molar-refractivity contribution is 0.591. The van der Waals surface area contributed by atoms with Gasteiger partial charge in [-0.3, -0.25) is 0 Å². The Bertz CT molecular complexity index is 1230. The number of sulfonamides is 1. The van der Waals surface area contributed by atoms with Gasteiger partial charge >= 0.3 is 0 Å². The van der Waals surface area contributed by atoms with E-state index in [0.29, 0.717) is 0 Å². The molecular weight excluding hydrogens is 394 g/mol. The Morgan fingerprint density at radius 1 is 0.833 bits per heavy atom. The highest BCUT2D eigenvalue weighted by atomic mass is 32.2. The second kappa shape index (κ2) is 8.90. The van der Waals surface area contributed by atoms with E-state index in [9.17, 15) is 8.42 Å². The molecule has 3 aromatic carbocycles. The van der Waals surface area contributed by atoms with Crippen LogP contribution in [0.1, 0.15) is 11.1 Å². The molecule has 0 fully saturated rings. The third kappa shape index (κ3) is 4.92. The monoisotopic (exact) mass is 415 g/mol. The summed E-state index contributed by atoms with van der Waals surface area (Å²) in [7, 11) is -3.60. The third-order valence-corrected chi connectivity index (χ3v) is 5.60. The van der Waals surface area contributed by atoms with Gasteiger partial charge in [0.1, 0.15) is 0 Å². The first-order valence-corrected chi connectivity index (χ1v) is 11.1. The molecule has 30 heavy (non-hydrogen) atoms. The standard InChI is InChI=1S/C24H21N3O2S/c28-30(29,17-16-20-10-4-1-5-11-20)25-18-22-19-27(23-14-8-3-9-15-23)26-24(22)21-12-6-2-7-13-21/h1-17,19,25H,18H2/b17-16+. The van der Waals surface area contributed by atoms with Crippen molar-refractivity contribution in [3.8, 4) is 16.9 Å². The molecule has 6 heteroatoms. The largest absolute Gasteiger partial charge is 0.240 e. The Balaban J connectivity index is 1.60. The minimum Gasteiger partial charge on any atom is -0.240 e. The summed E-state index contributed by atoms with van der Waals surface area (Å²) in [6, 6.07) is 28.8. The summed E-state index contributed by atoms with van der Waals surface area (Å²) in [5.74, 6) is 0. The summed E-state index contributed by atoms with van der Waals surface area (Å²) < 4.78 is 29.4. The number of nitrogens with one attached hydrogen (secondary N) is 1. The van der Waals surface area contributed by atoms with Gasteiger partial charge in [0.15, 0.2) is 0 Å². The molecule has 4 aromatic rings. The average molecular weight is 416 g/mol. The van der Waals surface area contributed by atoms with E-state index in [4.69, 9.17) is 5.10 Å². The Hall–Kier alpha value is -3.48. The van der Waals surface area contributed by atoms with E-state index in [-0.39, 0.29) is 6.54 Å². The average Bonchev–Trinajstić information content (AvgIpc) is 3.23. The molecule has 0 aliphatic carbocycles. The predicted octanol–water partition coefficient (Wildman–Crippen LogP) is 4.63. The smallest absolute Gasteiger partial charge is 0.234 e. The molecule has 0 bridgehead atoms. The van der Waals surface area contributed by atoms with Crippen molar-refractivity contribution in [2.75, 3.05) is 0 Å². The number of hydrogen-bond acceptors (Lipinski definition) is 3. The van der Waals surface area contributed by atoms with Gasteiger partial charge in [-0.2, -0.15) is 5.10 Å². The maximum absolute atomic E-state index is 12.5. The van der Waals surface area contributed by atoms with Gasteiger partial charge in [-0.05, 0) is 23.8 Å². The van der Waals surface area contributed by atoms with Gasteiger partial charge in [-0.15, -0.1) is 0 Å². The van der Waals surface area contributed by atoms with Gasteiger partial charge in [0.2, 0.25) is 10.0 Å². The summed E-state index contributed by atoms with van der Waals surface area (Å²) in [5.41, 5.74) is 4.20. The first kappa shape index (κ1) is 19.8. The number of rotatable bonds is 7. The van der Waals surface area contributed by atoms with Gasteiger partial charge in [-0.25, -0.2) is 17.8 Å². The second-order valence-electron chi connectivity index (χ2n) is 6.73. The summed E-state index contributed by atoms with van der Waals surface area (Å²) >= 11 is 0.